The Bertz CT molecular complexity index is 168. The number of ether oxygens (including phenoxy) is 1. The van der Waals surface area contributed by atoms with E-state index in [0.29, 0.717) is 12.1 Å². The summed E-state index contributed by atoms with van der Waals surface area (Å²) in [4.78, 5) is 0. The van der Waals surface area contributed by atoms with E-state index in [1.54, 1.807) is 0 Å². The van der Waals surface area contributed by atoms with E-state index in [0.717, 1.165) is 25.5 Å². The molecule has 0 aliphatic heterocycles. The standard InChI is InChI=1S/C14H29NO/c1-4-11-15-13(10-9-12-7-8-12)14(5-2)16-6-3/h12-15H,4-11H2,1-3H3. The minimum Gasteiger partial charge on any atom is -0.377 e. The fourth-order valence-electron chi connectivity index (χ4n) is 2.30. The monoisotopic (exact) mass is 227 g/mol. The molecule has 0 radical (unpaired) electrons. The van der Waals surface area contributed by atoms with Crippen molar-refractivity contribution in [3.63, 3.8) is 0 Å². The smallest absolute Gasteiger partial charge is 0.0725 e. The van der Waals surface area contributed by atoms with Gasteiger partial charge < -0.3 is 10.1 Å². The molecule has 0 amide bonds. The Morgan fingerprint density at radius 3 is 2.50 bits per heavy atom. The Morgan fingerprint density at radius 2 is 2.00 bits per heavy atom. The lowest BCUT2D eigenvalue weighted by molar-refractivity contribution is 0.0288. The first-order chi connectivity index (χ1) is 7.81. The van der Waals surface area contributed by atoms with Crippen molar-refractivity contribution >= 4 is 0 Å². The number of hydrogen-bond acceptors (Lipinski definition) is 2. The fourth-order valence-corrected chi connectivity index (χ4v) is 2.30. The van der Waals surface area contributed by atoms with E-state index < -0.39 is 0 Å². The van der Waals surface area contributed by atoms with Gasteiger partial charge in [0.15, 0.2) is 0 Å². The number of hydrogen-bond donors (Lipinski definition) is 1. The van der Waals surface area contributed by atoms with E-state index in [2.05, 4.69) is 26.1 Å². The highest BCUT2D eigenvalue weighted by Gasteiger charge is 2.25. The third-order valence-electron chi connectivity index (χ3n) is 3.47. The van der Waals surface area contributed by atoms with Gasteiger partial charge in [0.1, 0.15) is 0 Å². The minimum atomic E-state index is 0.412. The lowest BCUT2D eigenvalue weighted by Gasteiger charge is -2.27. The second kappa shape index (κ2) is 8.08. The van der Waals surface area contributed by atoms with Crippen LogP contribution in [0.3, 0.4) is 0 Å². The van der Waals surface area contributed by atoms with E-state index in [4.69, 9.17) is 4.74 Å². The van der Waals surface area contributed by atoms with Crippen molar-refractivity contribution < 1.29 is 4.74 Å². The van der Waals surface area contributed by atoms with Gasteiger partial charge in [-0.05, 0) is 45.1 Å². The molecule has 1 aliphatic carbocycles. The van der Waals surface area contributed by atoms with Gasteiger partial charge in [0.2, 0.25) is 0 Å². The van der Waals surface area contributed by atoms with E-state index in [1.165, 1.54) is 32.1 Å². The van der Waals surface area contributed by atoms with Crippen molar-refractivity contribution in [1.29, 1.82) is 0 Å². The SMILES string of the molecule is CCCNC(CCC1CC1)C(CC)OCC. The first-order valence-corrected chi connectivity index (χ1v) is 7.16. The Kier molecular flexibility index (Phi) is 7.06. The molecule has 1 aliphatic rings. The zero-order chi connectivity index (χ0) is 11.8. The second-order valence-electron chi connectivity index (χ2n) is 4.98. The predicted molar refractivity (Wildman–Crippen MR) is 69.7 cm³/mol. The summed E-state index contributed by atoms with van der Waals surface area (Å²) in [5.41, 5.74) is 0. The third-order valence-corrected chi connectivity index (χ3v) is 3.47. The first-order valence-electron chi connectivity index (χ1n) is 7.16. The number of rotatable bonds is 10. The lowest BCUT2D eigenvalue weighted by Crippen LogP contribution is -2.41. The molecule has 2 atom stereocenters. The van der Waals surface area contributed by atoms with Crippen LogP contribution in [0, 0.1) is 5.92 Å². The van der Waals surface area contributed by atoms with Gasteiger partial charge >= 0.3 is 0 Å². The molecule has 1 fully saturated rings. The summed E-state index contributed by atoms with van der Waals surface area (Å²) in [6.07, 6.45) is 8.37. The van der Waals surface area contributed by atoms with Crippen LogP contribution in [0.5, 0.6) is 0 Å². The van der Waals surface area contributed by atoms with Crippen LogP contribution in [0.15, 0.2) is 0 Å². The molecule has 2 nitrogen and oxygen atoms in total. The van der Waals surface area contributed by atoms with Gasteiger partial charge in [0.05, 0.1) is 6.10 Å². The van der Waals surface area contributed by atoms with Gasteiger partial charge in [0.25, 0.3) is 0 Å². The van der Waals surface area contributed by atoms with Crippen molar-refractivity contribution in [3.05, 3.63) is 0 Å². The summed E-state index contributed by atoms with van der Waals surface area (Å²) in [7, 11) is 0. The van der Waals surface area contributed by atoms with Gasteiger partial charge in [-0.2, -0.15) is 0 Å². The molecule has 0 heterocycles. The van der Waals surface area contributed by atoms with Gasteiger partial charge in [-0.1, -0.05) is 26.7 Å². The van der Waals surface area contributed by atoms with Crippen LogP contribution >= 0.6 is 0 Å². The molecule has 0 aromatic rings. The molecular formula is C14H29NO. The molecule has 2 unspecified atom stereocenters. The molecule has 16 heavy (non-hydrogen) atoms. The van der Waals surface area contributed by atoms with E-state index >= 15 is 0 Å². The first kappa shape index (κ1) is 14.0. The molecule has 2 heteroatoms. The molecule has 96 valence electrons. The van der Waals surface area contributed by atoms with Crippen LogP contribution in [-0.4, -0.2) is 25.3 Å². The highest BCUT2D eigenvalue weighted by Crippen LogP contribution is 2.34. The maximum Gasteiger partial charge on any atom is 0.0725 e. The summed E-state index contributed by atoms with van der Waals surface area (Å²) < 4.78 is 5.84. The van der Waals surface area contributed by atoms with E-state index in [-0.39, 0.29) is 0 Å². The summed E-state index contributed by atoms with van der Waals surface area (Å²) in [5.74, 6) is 1.03. The molecule has 0 saturated heterocycles. The van der Waals surface area contributed by atoms with Crippen molar-refractivity contribution in [1.82, 2.24) is 5.32 Å². The van der Waals surface area contributed by atoms with Crippen molar-refractivity contribution in [2.24, 2.45) is 5.92 Å². The quantitative estimate of drug-likeness (QED) is 0.618. The lowest BCUT2D eigenvalue weighted by atomic mass is 10.0. The molecular weight excluding hydrogens is 198 g/mol. The topological polar surface area (TPSA) is 21.3 Å². The maximum absolute atomic E-state index is 5.84. The fraction of sp³-hybridized carbons (Fsp3) is 1.00. The van der Waals surface area contributed by atoms with E-state index in [9.17, 15) is 0 Å². The van der Waals surface area contributed by atoms with Crippen LogP contribution in [0.4, 0.5) is 0 Å². The molecule has 0 spiro atoms. The van der Waals surface area contributed by atoms with Crippen LogP contribution in [0.1, 0.15) is 59.3 Å². The van der Waals surface area contributed by atoms with Gasteiger partial charge in [-0.3, -0.25) is 0 Å². The minimum absolute atomic E-state index is 0.412. The second-order valence-corrected chi connectivity index (χ2v) is 4.98. The molecule has 0 aromatic carbocycles. The Balaban J connectivity index is 2.31. The predicted octanol–water partition coefficient (Wildman–Crippen LogP) is 3.36. The van der Waals surface area contributed by atoms with Crippen molar-refractivity contribution in [2.75, 3.05) is 13.2 Å². The third kappa shape index (κ3) is 5.31. The number of nitrogens with one attached hydrogen (secondary N) is 1. The Morgan fingerprint density at radius 1 is 1.25 bits per heavy atom. The molecule has 0 bridgehead atoms. The highest BCUT2D eigenvalue weighted by atomic mass is 16.5. The molecule has 0 aromatic heterocycles. The maximum atomic E-state index is 5.84. The van der Waals surface area contributed by atoms with Crippen LogP contribution in [0.2, 0.25) is 0 Å². The average molecular weight is 227 g/mol. The summed E-state index contributed by atoms with van der Waals surface area (Å²) >= 11 is 0. The van der Waals surface area contributed by atoms with Crippen LogP contribution in [-0.2, 0) is 4.74 Å². The molecule has 1 rings (SSSR count). The average Bonchev–Trinajstić information content (AvgIpc) is 3.11. The van der Waals surface area contributed by atoms with Crippen LogP contribution < -0.4 is 5.32 Å². The van der Waals surface area contributed by atoms with Crippen LogP contribution in [0.25, 0.3) is 0 Å². The zero-order valence-electron chi connectivity index (χ0n) is 11.3. The van der Waals surface area contributed by atoms with Gasteiger partial charge in [-0.15, -0.1) is 0 Å². The normalized spacial score (nSPS) is 19.7. The molecule has 1 N–H and O–H groups in total. The molecule has 1 saturated carbocycles. The summed E-state index contributed by atoms with van der Waals surface area (Å²) in [5, 5.41) is 3.66. The largest absolute Gasteiger partial charge is 0.377 e. The Labute approximate surface area is 101 Å². The summed E-state index contributed by atoms with van der Waals surface area (Å²) in [6.45, 7) is 8.52. The van der Waals surface area contributed by atoms with Crippen molar-refractivity contribution in [3.8, 4) is 0 Å². The van der Waals surface area contributed by atoms with Crippen molar-refractivity contribution in [2.45, 2.75) is 71.4 Å². The highest BCUT2D eigenvalue weighted by molar-refractivity contribution is 4.81. The van der Waals surface area contributed by atoms with Gasteiger partial charge in [-0.25, -0.2) is 0 Å². The Hall–Kier alpha value is -0.0800. The van der Waals surface area contributed by atoms with E-state index in [1.807, 2.05) is 0 Å². The summed E-state index contributed by atoms with van der Waals surface area (Å²) in [6, 6.07) is 0.575. The zero-order valence-corrected chi connectivity index (χ0v) is 11.3. The van der Waals surface area contributed by atoms with Gasteiger partial charge in [0, 0.05) is 12.6 Å².